The van der Waals surface area contributed by atoms with Crippen LogP contribution in [0.5, 0.6) is 0 Å². The molecule has 1 aromatic carbocycles. The zero-order chi connectivity index (χ0) is 12.5. The second-order valence-corrected chi connectivity index (χ2v) is 6.43. The van der Waals surface area contributed by atoms with Gasteiger partial charge in [0.15, 0.2) is 0 Å². The molecule has 0 radical (unpaired) electrons. The van der Waals surface area contributed by atoms with Crippen LogP contribution < -0.4 is 5.32 Å². The molecule has 2 aliphatic rings. The van der Waals surface area contributed by atoms with E-state index in [2.05, 4.69) is 51.3 Å². The van der Waals surface area contributed by atoms with Gasteiger partial charge in [0.1, 0.15) is 0 Å². The third kappa shape index (κ3) is 2.43. The van der Waals surface area contributed by atoms with Crippen LogP contribution in [0.25, 0.3) is 0 Å². The Hall–Kier alpha value is -0.540. The Morgan fingerprint density at radius 1 is 1.28 bits per heavy atom. The summed E-state index contributed by atoms with van der Waals surface area (Å²) in [6.45, 7) is 4.74. The average molecular weight is 309 g/mol. The van der Waals surface area contributed by atoms with Gasteiger partial charge in [-0.15, -0.1) is 0 Å². The number of rotatable bonds is 2. The molecule has 2 unspecified atom stereocenters. The lowest BCUT2D eigenvalue weighted by Crippen LogP contribution is -2.42. The van der Waals surface area contributed by atoms with E-state index in [1.807, 2.05) is 0 Å². The molecule has 2 atom stereocenters. The topological polar surface area (TPSA) is 15.3 Å². The fourth-order valence-electron chi connectivity index (χ4n) is 3.33. The predicted octanol–water partition coefficient (Wildman–Crippen LogP) is 3.80. The molecule has 2 nitrogen and oxygen atoms in total. The Labute approximate surface area is 118 Å². The van der Waals surface area contributed by atoms with Crippen molar-refractivity contribution in [3.63, 3.8) is 0 Å². The van der Waals surface area contributed by atoms with E-state index in [0.717, 1.165) is 6.04 Å². The van der Waals surface area contributed by atoms with Crippen LogP contribution in [0.4, 0.5) is 5.69 Å². The molecule has 0 aliphatic carbocycles. The van der Waals surface area contributed by atoms with Gasteiger partial charge in [-0.1, -0.05) is 12.1 Å². The third-order valence-corrected chi connectivity index (χ3v) is 5.42. The number of fused-ring (bicyclic) bond motifs is 1. The molecule has 98 valence electrons. The van der Waals surface area contributed by atoms with E-state index in [0.29, 0.717) is 6.04 Å². The summed E-state index contributed by atoms with van der Waals surface area (Å²) in [7, 11) is 0. The zero-order valence-corrected chi connectivity index (χ0v) is 12.5. The smallest absolute Gasteiger partial charge is 0.0489 e. The molecule has 2 aliphatic heterocycles. The number of hydrogen-bond donors (Lipinski definition) is 1. The minimum Gasteiger partial charge on any atom is -0.381 e. The van der Waals surface area contributed by atoms with Crippen LogP contribution in [0, 0.1) is 6.92 Å². The normalized spacial score (nSPS) is 28.1. The number of halogens is 1. The predicted molar refractivity (Wildman–Crippen MR) is 80.1 cm³/mol. The molecule has 0 spiro atoms. The highest BCUT2D eigenvalue weighted by Crippen LogP contribution is 2.31. The number of hydrogen-bond acceptors (Lipinski definition) is 2. The number of anilines is 1. The summed E-state index contributed by atoms with van der Waals surface area (Å²) in [6.07, 6.45) is 5.37. The first kappa shape index (κ1) is 12.5. The van der Waals surface area contributed by atoms with Gasteiger partial charge in [0, 0.05) is 28.8 Å². The van der Waals surface area contributed by atoms with Crippen molar-refractivity contribution in [1.29, 1.82) is 0 Å². The summed E-state index contributed by atoms with van der Waals surface area (Å²) in [5.74, 6) is 0. The van der Waals surface area contributed by atoms with Crippen molar-refractivity contribution in [3.05, 3.63) is 28.2 Å². The zero-order valence-electron chi connectivity index (χ0n) is 11.0. The van der Waals surface area contributed by atoms with Crippen LogP contribution in [0.1, 0.15) is 31.2 Å². The Bertz CT molecular complexity index is 433. The lowest BCUT2D eigenvalue weighted by molar-refractivity contribution is 0.188. The molecule has 0 bridgehead atoms. The quantitative estimate of drug-likeness (QED) is 0.894. The van der Waals surface area contributed by atoms with Crippen molar-refractivity contribution in [1.82, 2.24) is 4.90 Å². The SMILES string of the molecule is Cc1cccc(NC2CCN3CCCC3C2)c1Br. The van der Waals surface area contributed by atoms with Gasteiger partial charge in [0.2, 0.25) is 0 Å². The number of aryl methyl sites for hydroxylation is 1. The van der Waals surface area contributed by atoms with Crippen LogP contribution in [0.2, 0.25) is 0 Å². The van der Waals surface area contributed by atoms with Crippen molar-refractivity contribution < 1.29 is 0 Å². The molecular formula is C15H21BrN2. The maximum Gasteiger partial charge on any atom is 0.0489 e. The molecule has 3 heteroatoms. The van der Waals surface area contributed by atoms with Gasteiger partial charge < -0.3 is 10.2 Å². The average Bonchev–Trinajstić information content (AvgIpc) is 2.82. The molecule has 0 aromatic heterocycles. The summed E-state index contributed by atoms with van der Waals surface area (Å²) >= 11 is 3.69. The monoisotopic (exact) mass is 308 g/mol. The Morgan fingerprint density at radius 2 is 2.17 bits per heavy atom. The maximum absolute atomic E-state index is 3.73. The highest BCUT2D eigenvalue weighted by molar-refractivity contribution is 9.10. The molecule has 1 N–H and O–H groups in total. The van der Waals surface area contributed by atoms with Crippen molar-refractivity contribution >= 4 is 21.6 Å². The molecule has 3 rings (SSSR count). The van der Waals surface area contributed by atoms with Crippen molar-refractivity contribution in [2.45, 2.75) is 44.7 Å². The number of nitrogens with one attached hydrogen (secondary N) is 1. The molecule has 1 aromatic rings. The van der Waals surface area contributed by atoms with Crippen molar-refractivity contribution in [2.24, 2.45) is 0 Å². The summed E-state index contributed by atoms with van der Waals surface area (Å²) in [6, 6.07) is 7.93. The van der Waals surface area contributed by atoms with Gasteiger partial charge in [-0.3, -0.25) is 0 Å². The first-order chi connectivity index (χ1) is 8.74. The molecule has 0 saturated carbocycles. The van der Waals surface area contributed by atoms with E-state index in [9.17, 15) is 0 Å². The number of benzene rings is 1. The Kier molecular flexibility index (Phi) is 3.62. The van der Waals surface area contributed by atoms with Crippen molar-refractivity contribution in [3.8, 4) is 0 Å². The fourth-order valence-corrected chi connectivity index (χ4v) is 3.71. The Morgan fingerprint density at radius 3 is 3.06 bits per heavy atom. The van der Waals surface area contributed by atoms with Gasteiger partial charge in [-0.05, 0) is 66.7 Å². The van der Waals surface area contributed by atoms with E-state index in [4.69, 9.17) is 0 Å². The first-order valence-corrected chi connectivity index (χ1v) is 7.79. The second kappa shape index (κ2) is 5.22. The highest BCUT2D eigenvalue weighted by Gasteiger charge is 2.31. The fraction of sp³-hybridized carbons (Fsp3) is 0.600. The molecule has 2 fully saturated rings. The summed E-state index contributed by atoms with van der Waals surface area (Å²) < 4.78 is 1.22. The minimum atomic E-state index is 0.641. The molecule has 2 saturated heterocycles. The van der Waals surface area contributed by atoms with Gasteiger partial charge in [0.25, 0.3) is 0 Å². The van der Waals surface area contributed by atoms with Crippen LogP contribution in [0.3, 0.4) is 0 Å². The van der Waals surface area contributed by atoms with Crippen LogP contribution >= 0.6 is 15.9 Å². The van der Waals surface area contributed by atoms with Crippen LogP contribution in [-0.2, 0) is 0 Å². The van der Waals surface area contributed by atoms with E-state index in [1.54, 1.807) is 0 Å². The standard InChI is InChI=1S/C15H21BrN2/c1-11-4-2-6-14(15(11)16)17-12-7-9-18-8-3-5-13(18)10-12/h2,4,6,12-13,17H,3,5,7-10H2,1H3. The van der Waals surface area contributed by atoms with Gasteiger partial charge in [-0.25, -0.2) is 0 Å². The summed E-state index contributed by atoms with van der Waals surface area (Å²) in [5.41, 5.74) is 2.56. The molecular weight excluding hydrogens is 288 g/mol. The van der Waals surface area contributed by atoms with E-state index < -0.39 is 0 Å². The Balaban J connectivity index is 1.68. The van der Waals surface area contributed by atoms with E-state index >= 15 is 0 Å². The number of piperidine rings is 1. The summed E-state index contributed by atoms with van der Waals surface area (Å²) in [5, 5.41) is 3.73. The second-order valence-electron chi connectivity index (χ2n) is 5.63. The maximum atomic E-state index is 3.73. The van der Waals surface area contributed by atoms with Gasteiger partial charge >= 0.3 is 0 Å². The summed E-state index contributed by atoms with van der Waals surface area (Å²) in [4.78, 5) is 2.67. The van der Waals surface area contributed by atoms with Crippen LogP contribution in [0.15, 0.2) is 22.7 Å². The molecule has 0 amide bonds. The number of nitrogens with zero attached hydrogens (tertiary/aromatic N) is 1. The van der Waals surface area contributed by atoms with E-state index in [1.165, 1.54) is 54.5 Å². The lowest BCUT2D eigenvalue weighted by atomic mass is 9.97. The van der Waals surface area contributed by atoms with E-state index in [-0.39, 0.29) is 0 Å². The van der Waals surface area contributed by atoms with Crippen LogP contribution in [-0.4, -0.2) is 30.1 Å². The largest absolute Gasteiger partial charge is 0.381 e. The lowest BCUT2D eigenvalue weighted by Gasteiger charge is -2.35. The minimum absolute atomic E-state index is 0.641. The third-order valence-electron chi connectivity index (χ3n) is 4.37. The van der Waals surface area contributed by atoms with Crippen molar-refractivity contribution in [2.75, 3.05) is 18.4 Å². The van der Waals surface area contributed by atoms with Gasteiger partial charge in [0.05, 0.1) is 0 Å². The van der Waals surface area contributed by atoms with Gasteiger partial charge in [-0.2, -0.15) is 0 Å². The highest BCUT2D eigenvalue weighted by atomic mass is 79.9. The molecule has 2 heterocycles. The first-order valence-electron chi connectivity index (χ1n) is 7.00. The molecule has 18 heavy (non-hydrogen) atoms.